The van der Waals surface area contributed by atoms with Gasteiger partial charge in [-0.05, 0) is 75.8 Å². The maximum Gasteiger partial charge on any atom is 0.128 e. The second kappa shape index (κ2) is 10.1. The Balaban J connectivity index is 1.57. The molecule has 1 aliphatic carbocycles. The number of hydrogen-bond acceptors (Lipinski definition) is 4. The summed E-state index contributed by atoms with van der Waals surface area (Å²) in [6, 6.07) is 15.8. The third kappa shape index (κ3) is 4.64. The summed E-state index contributed by atoms with van der Waals surface area (Å²) in [5.74, 6) is 1.30. The van der Waals surface area contributed by atoms with Crippen LogP contribution in [0.3, 0.4) is 0 Å². The minimum Gasteiger partial charge on any atom is -0.491 e. The van der Waals surface area contributed by atoms with Crippen molar-refractivity contribution in [1.29, 1.82) is 0 Å². The molecule has 0 spiro atoms. The average molecular weight is 483 g/mol. The normalized spacial score (nSPS) is 15.8. The minimum absolute atomic E-state index is 0.0772. The Kier molecular flexibility index (Phi) is 6.85. The highest BCUT2D eigenvalue weighted by Crippen LogP contribution is 2.39. The number of fused-ring (bicyclic) bond motifs is 2. The van der Waals surface area contributed by atoms with Gasteiger partial charge in [-0.15, -0.1) is 0 Å². The second-order valence-electron chi connectivity index (χ2n) is 10.8. The lowest BCUT2D eigenvalue weighted by molar-refractivity contribution is 0.200. The van der Waals surface area contributed by atoms with Gasteiger partial charge in [0.05, 0.1) is 23.5 Å². The summed E-state index contributed by atoms with van der Waals surface area (Å²) in [5.41, 5.74) is 9.54. The van der Waals surface area contributed by atoms with Crippen LogP contribution in [0, 0.1) is 6.92 Å². The quantitative estimate of drug-likeness (QED) is 0.299. The molecule has 1 atom stereocenters. The van der Waals surface area contributed by atoms with Crippen molar-refractivity contribution in [1.82, 2.24) is 20.1 Å². The third-order valence-corrected chi connectivity index (χ3v) is 7.46. The molecule has 0 bridgehead atoms. The van der Waals surface area contributed by atoms with Crippen molar-refractivity contribution in [2.24, 2.45) is 0 Å². The molecule has 2 heterocycles. The lowest BCUT2D eigenvalue weighted by Gasteiger charge is -2.34. The van der Waals surface area contributed by atoms with E-state index in [0.29, 0.717) is 12.0 Å². The van der Waals surface area contributed by atoms with Crippen LogP contribution in [0.4, 0.5) is 0 Å². The highest BCUT2D eigenvalue weighted by Gasteiger charge is 2.26. The van der Waals surface area contributed by atoms with Gasteiger partial charge in [0.2, 0.25) is 0 Å². The fourth-order valence-electron chi connectivity index (χ4n) is 5.70. The van der Waals surface area contributed by atoms with Gasteiger partial charge >= 0.3 is 0 Å². The monoisotopic (exact) mass is 482 g/mol. The largest absolute Gasteiger partial charge is 0.491 e. The molecule has 5 nitrogen and oxygen atoms in total. The number of rotatable bonds is 7. The molecular formula is C31H38N4O. The van der Waals surface area contributed by atoms with Crippen LogP contribution in [0.1, 0.15) is 80.4 Å². The van der Waals surface area contributed by atoms with Gasteiger partial charge in [-0.2, -0.15) is 5.10 Å². The number of nitrogens with one attached hydrogen (secondary N) is 1. The van der Waals surface area contributed by atoms with E-state index >= 15 is 0 Å². The summed E-state index contributed by atoms with van der Waals surface area (Å²) in [7, 11) is 2.24. The predicted octanol–water partition coefficient (Wildman–Crippen LogP) is 7.35. The number of nitrogens with zero attached hydrogens (tertiary/aromatic N) is 3. The van der Waals surface area contributed by atoms with Crippen LogP contribution in [0.15, 0.2) is 48.7 Å². The fourth-order valence-corrected chi connectivity index (χ4v) is 5.70. The van der Waals surface area contributed by atoms with Crippen LogP contribution >= 0.6 is 0 Å². The first kappa shape index (κ1) is 24.5. The Morgan fingerprint density at radius 3 is 2.69 bits per heavy atom. The zero-order valence-corrected chi connectivity index (χ0v) is 22.4. The summed E-state index contributed by atoms with van der Waals surface area (Å²) >= 11 is 0. The van der Waals surface area contributed by atoms with E-state index < -0.39 is 0 Å². The van der Waals surface area contributed by atoms with Gasteiger partial charge < -0.3 is 4.74 Å². The van der Waals surface area contributed by atoms with E-state index in [1.54, 1.807) is 0 Å². The molecule has 0 amide bonds. The molecule has 0 radical (unpaired) electrons. The number of H-pyrrole nitrogens is 1. The van der Waals surface area contributed by atoms with Gasteiger partial charge in [-0.25, -0.2) is 0 Å². The highest BCUT2D eigenvalue weighted by molar-refractivity contribution is 5.95. The molecule has 1 N–H and O–H groups in total. The van der Waals surface area contributed by atoms with Crippen molar-refractivity contribution in [3.05, 3.63) is 76.6 Å². The number of aromatic nitrogens is 3. The van der Waals surface area contributed by atoms with E-state index in [1.165, 1.54) is 41.5 Å². The number of hydrogen-bond donors (Lipinski definition) is 1. The van der Waals surface area contributed by atoms with Gasteiger partial charge in [0, 0.05) is 40.9 Å². The van der Waals surface area contributed by atoms with Crippen LogP contribution in [0.5, 0.6) is 5.75 Å². The molecule has 0 saturated heterocycles. The summed E-state index contributed by atoms with van der Waals surface area (Å²) in [4.78, 5) is 7.66. The molecule has 2 aromatic carbocycles. The summed E-state index contributed by atoms with van der Waals surface area (Å²) in [6.45, 7) is 11.6. The minimum atomic E-state index is 0.0772. The van der Waals surface area contributed by atoms with Gasteiger partial charge in [0.15, 0.2) is 0 Å². The van der Waals surface area contributed by atoms with E-state index in [0.717, 1.165) is 40.1 Å². The Labute approximate surface area is 214 Å². The zero-order valence-electron chi connectivity index (χ0n) is 22.4. The van der Waals surface area contributed by atoms with Gasteiger partial charge in [-0.1, -0.05) is 44.2 Å². The first-order chi connectivity index (χ1) is 17.3. The van der Waals surface area contributed by atoms with Crippen molar-refractivity contribution in [3.8, 4) is 17.0 Å². The number of benzene rings is 2. The van der Waals surface area contributed by atoms with Crippen LogP contribution in [-0.4, -0.2) is 33.2 Å². The van der Waals surface area contributed by atoms with Gasteiger partial charge in [0.25, 0.3) is 0 Å². The molecule has 0 unspecified atom stereocenters. The molecule has 0 fully saturated rings. The van der Waals surface area contributed by atoms with E-state index in [-0.39, 0.29) is 6.10 Å². The Morgan fingerprint density at radius 2 is 1.92 bits per heavy atom. The topological polar surface area (TPSA) is 54.0 Å². The molecule has 0 aliphatic heterocycles. The number of pyridine rings is 1. The van der Waals surface area contributed by atoms with Crippen LogP contribution in [-0.2, 0) is 13.0 Å². The second-order valence-corrected chi connectivity index (χ2v) is 10.8. The van der Waals surface area contributed by atoms with Crippen molar-refractivity contribution in [2.75, 3.05) is 7.05 Å². The SMILES string of the molecule is Cc1nc(-c2c(C(C)C)ccc3[nH]ncc23)cc(OC(C)C)c1CN(C)[C@H]1CCCc2ccccc21. The Bertz CT molecular complexity index is 1370. The van der Waals surface area contributed by atoms with Crippen molar-refractivity contribution < 1.29 is 4.74 Å². The summed E-state index contributed by atoms with van der Waals surface area (Å²) in [6.07, 6.45) is 5.57. The molecule has 0 saturated carbocycles. The van der Waals surface area contributed by atoms with Crippen LogP contribution in [0.2, 0.25) is 0 Å². The lowest BCUT2D eigenvalue weighted by atomic mass is 9.87. The van der Waals surface area contributed by atoms with Crippen LogP contribution in [0.25, 0.3) is 22.2 Å². The summed E-state index contributed by atoms with van der Waals surface area (Å²) in [5, 5.41) is 8.55. The first-order valence-corrected chi connectivity index (χ1v) is 13.2. The first-order valence-electron chi connectivity index (χ1n) is 13.2. The van der Waals surface area contributed by atoms with E-state index in [4.69, 9.17) is 9.72 Å². The summed E-state index contributed by atoms with van der Waals surface area (Å²) < 4.78 is 6.45. The Hall–Kier alpha value is -3.18. The van der Waals surface area contributed by atoms with E-state index in [9.17, 15) is 0 Å². The number of aryl methyl sites for hydroxylation is 2. The standard InChI is InChI=1S/C31H38N4O/c1-19(2)23-14-15-27-25(17-32-34-27)31(23)28-16-30(36-20(3)4)26(21(5)33-28)18-35(6)29-13-9-11-22-10-7-8-12-24(22)29/h7-8,10,12,14-17,19-20,29H,9,11,13,18H2,1-6H3,(H,32,34)/t29-/m0/s1. The van der Waals surface area contributed by atoms with Crippen molar-refractivity contribution in [3.63, 3.8) is 0 Å². The molecule has 2 aromatic heterocycles. The van der Waals surface area contributed by atoms with Crippen molar-refractivity contribution in [2.45, 2.75) is 78.5 Å². The maximum atomic E-state index is 6.45. The van der Waals surface area contributed by atoms with Gasteiger partial charge in [-0.3, -0.25) is 15.0 Å². The molecule has 5 rings (SSSR count). The molecule has 36 heavy (non-hydrogen) atoms. The third-order valence-electron chi connectivity index (χ3n) is 7.46. The molecule has 188 valence electrons. The Morgan fingerprint density at radius 1 is 1.11 bits per heavy atom. The smallest absolute Gasteiger partial charge is 0.128 e. The fraction of sp³-hybridized carbons (Fsp3) is 0.419. The van der Waals surface area contributed by atoms with E-state index in [2.05, 4.69) is 99.2 Å². The molecule has 4 aromatic rings. The van der Waals surface area contributed by atoms with Crippen LogP contribution < -0.4 is 4.74 Å². The number of ether oxygens (including phenoxy) is 1. The maximum absolute atomic E-state index is 6.45. The zero-order chi connectivity index (χ0) is 25.4. The molecule has 5 heteroatoms. The van der Waals surface area contributed by atoms with Gasteiger partial charge in [0.1, 0.15) is 5.75 Å². The molecular weight excluding hydrogens is 444 g/mol. The predicted molar refractivity (Wildman–Crippen MR) is 148 cm³/mol. The lowest BCUT2D eigenvalue weighted by Crippen LogP contribution is -2.28. The average Bonchev–Trinajstić information content (AvgIpc) is 3.33. The number of aromatic amines is 1. The molecule has 1 aliphatic rings. The van der Waals surface area contributed by atoms with Crippen molar-refractivity contribution >= 4 is 10.9 Å². The highest BCUT2D eigenvalue weighted by atomic mass is 16.5. The van der Waals surface area contributed by atoms with E-state index in [1.807, 2.05) is 6.20 Å².